The van der Waals surface area contributed by atoms with Crippen LogP contribution in [0.2, 0.25) is 5.02 Å². The molecule has 0 amide bonds. The molecule has 0 N–H and O–H groups in total. The second kappa shape index (κ2) is 6.71. The molecule has 5 nitrogen and oxygen atoms in total. The van der Waals surface area contributed by atoms with Gasteiger partial charge in [-0.05, 0) is 54.9 Å². The average molecular weight is 341 g/mol. The monoisotopic (exact) mass is 340 g/mol. The molecule has 122 valence electrons. The summed E-state index contributed by atoms with van der Waals surface area (Å²) in [5, 5.41) is 9.13. The molecule has 1 aliphatic rings. The summed E-state index contributed by atoms with van der Waals surface area (Å²) in [6.07, 6.45) is 4.70. The molecular formula is C18H17ClN4O. The van der Waals surface area contributed by atoms with Gasteiger partial charge in [0.25, 0.3) is 0 Å². The summed E-state index contributed by atoms with van der Waals surface area (Å²) in [6, 6.07) is 11.5. The predicted molar refractivity (Wildman–Crippen MR) is 91.6 cm³/mol. The van der Waals surface area contributed by atoms with E-state index in [2.05, 4.69) is 32.2 Å². The molecule has 0 saturated carbocycles. The van der Waals surface area contributed by atoms with Crippen LogP contribution in [0, 0.1) is 0 Å². The van der Waals surface area contributed by atoms with Crippen molar-refractivity contribution in [1.82, 2.24) is 20.1 Å². The van der Waals surface area contributed by atoms with Crippen LogP contribution in [0.15, 0.2) is 53.2 Å². The van der Waals surface area contributed by atoms with Crippen LogP contribution in [0.1, 0.15) is 23.8 Å². The van der Waals surface area contributed by atoms with Crippen molar-refractivity contribution < 1.29 is 4.42 Å². The summed E-state index contributed by atoms with van der Waals surface area (Å²) in [7, 11) is 0. The van der Waals surface area contributed by atoms with E-state index in [9.17, 15) is 0 Å². The highest BCUT2D eigenvalue weighted by Crippen LogP contribution is 2.29. The van der Waals surface area contributed by atoms with Gasteiger partial charge in [0, 0.05) is 36.1 Å². The summed E-state index contributed by atoms with van der Waals surface area (Å²) in [4.78, 5) is 6.47. The van der Waals surface area contributed by atoms with Crippen molar-refractivity contribution in [3.63, 3.8) is 0 Å². The maximum absolute atomic E-state index is 5.91. The number of nitrogens with zero attached hydrogens (tertiary/aromatic N) is 4. The lowest BCUT2D eigenvalue weighted by Gasteiger charge is -2.14. The number of likely N-dealkylation sites (tertiary alicyclic amines) is 1. The Kier molecular flexibility index (Phi) is 4.28. The third-order valence-electron chi connectivity index (χ3n) is 4.31. The second-order valence-corrected chi connectivity index (χ2v) is 6.46. The van der Waals surface area contributed by atoms with Crippen molar-refractivity contribution in [2.75, 3.05) is 13.1 Å². The van der Waals surface area contributed by atoms with Gasteiger partial charge in [-0.2, -0.15) is 0 Å². The Bertz CT molecular complexity index is 803. The van der Waals surface area contributed by atoms with Gasteiger partial charge in [0.05, 0.1) is 5.92 Å². The number of rotatable bonds is 4. The molecule has 0 spiro atoms. The molecule has 4 rings (SSSR count). The van der Waals surface area contributed by atoms with Crippen molar-refractivity contribution in [3.8, 4) is 11.5 Å². The van der Waals surface area contributed by atoms with E-state index in [1.807, 2.05) is 36.7 Å². The van der Waals surface area contributed by atoms with Crippen molar-refractivity contribution in [2.45, 2.75) is 18.9 Å². The fraction of sp³-hybridized carbons (Fsp3) is 0.278. The van der Waals surface area contributed by atoms with E-state index in [1.165, 1.54) is 5.56 Å². The van der Waals surface area contributed by atoms with Crippen molar-refractivity contribution in [3.05, 3.63) is 65.3 Å². The zero-order valence-corrected chi connectivity index (χ0v) is 13.9. The van der Waals surface area contributed by atoms with Crippen molar-refractivity contribution in [2.24, 2.45) is 0 Å². The number of hydrogen-bond acceptors (Lipinski definition) is 5. The van der Waals surface area contributed by atoms with Gasteiger partial charge in [-0.1, -0.05) is 11.6 Å². The molecule has 1 aliphatic heterocycles. The van der Waals surface area contributed by atoms with Gasteiger partial charge in [0.15, 0.2) is 0 Å². The molecule has 1 atom stereocenters. The first-order valence-corrected chi connectivity index (χ1v) is 8.36. The normalized spacial score (nSPS) is 18.1. The smallest absolute Gasteiger partial charge is 0.247 e. The SMILES string of the molecule is Clc1ccc(-c2nnc(C3CCN(Cc4ccncc4)C3)o2)cc1. The molecule has 1 fully saturated rings. The summed E-state index contributed by atoms with van der Waals surface area (Å²) in [5.74, 6) is 1.56. The molecule has 1 saturated heterocycles. The van der Waals surface area contributed by atoms with Crippen LogP contribution < -0.4 is 0 Å². The highest BCUT2D eigenvalue weighted by atomic mass is 35.5. The fourth-order valence-corrected chi connectivity index (χ4v) is 3.16. The van der Waals surface area contributed by atoms with E-state index in [0.29, 0.717) is 16.8 Å². The molecule has 1 aromatic carbocycles. The Morgan fingerprint density at radius 1 is 1.08 bits per heavy atom. The highest BCUT2D eigenvalue weighted by molar-refractivity contribution is 6.30. The van der Waals surface area contributed by atoms with Crippen molar-refractivity contribution in [1.29, 1.82) is 0 Å². The van der Waals surface area contributed by atoms with Gasteiger partial charge in [-0.15, -0.1) is 10.2 Å². The first kappa shape index (κ1) is 15.3. The summed E-state index contributed by atoms with van der Waals surface area (Å²) in [6.45, 7) is 2.90. The number of halogens is 1. The van der Waals surface area contributed by atoms with Gasteiger partial charge in [0.2, 0.25) is 11.8 Å². The predicted octanol–water partition coefficient (Wildman–Crippen LogP) is 3.77. The van der Waals surface area contributed by atoms with Crippen LogP contribution in [0.4, 0.5) is 0 Å². The minimum absolute atomic E-state index is 0.292. The van der Waals surface area contributed by atoms with E-state index in [-0.39, 0.29) is 0 Å². The third-order valence-corrected chi connectivity index (χ3v) is 4.56. The standard InChI is InChI=1S/C18H17ClN4O/c19-16-3-1-14(2-4-16)17-21-22-18(24-17)15-7-10-23(12-15)11-13-5-8-20-9-6-13/h1-6,8-9,15H,7,10-12H2. The first-order chi connectivity index (χ1) is 11.8. The fourth-order valence-electron chi connectivity index (χ4n) is 3.03. The quantitative estimate of drug-likeness (QED) is 0.723. The maximum Gasteiger partial charge on any atom is 0.247 e. The van der Waals surface area contributed by atoms with E-state index in [4.69, 9.17) is 16.0 Å². The first-order valence-electron chi connectivity index (χ1n) is 7.98. The van der Waals surface area contributed by atoms with E-state index in [0.717, 1.165) is 37.5 Å². The third kappa shape index (κ3) is 3.32. The van der Waals surface area contributed by atoms with Gasteiger partial charge < -0.3 is 4.42 Å². The minimum Gasteiger partial charge on any atom is -0.420 e. The largest absolute Gasteiger partial charge is 0.420 e. The lowest BCUT2D eigenvalue weighted by molar-refractivity contribution is 0.320. The maximum atomic E-state index is 5.91. The molecule has 0 aliphatic carbocycles. The molecule has 0 radical (unpaired) electrons. The minimum atomic E-state index is 0.292. The molecule has 1 unspecified atom stereocenters. The van der Waals surface area contributed by atoms with Crippen LogP contribution >= 0.6 is 11.6 Å². The molecule has 3 aromatic rings. The van der Waals surface area contributed by atoms with E-state index >= 15 is 0 Å². The lowest BCUT2D eigenvalue weighted by Crippen LogP contribution is -2.19. The van der Waals surface area contributed by atoms with Crippen LogP contribution in [0.3, 0.4) is 0 Å². The van der Waals surface area contributed by atoms with Crippen LogP contribution in [-0.4, -0.2) is 33.2 Å². The molecule has 2 aromatic heterocycles. The van der Waals surface area contributed by atoms with Gasteiger partial charge in [-0.25, -0.2) is 0 Å². The van der Waals surface area contributed by atoms with Crippen LogP contribution in [0.5, 0.6) is 0 Å². The lowest BCUT2D eigenvalue weighted by atomic mass is 10.1. The number of benzene rings is 1. The molecule has 6 heteroatoms. The number of aromatic nitrogens is 3. The Hall–Kier alpha value is -2.24. The Labute approximate surface area is 145 Å². The summed E-state index contributed by atoms with van der Waals surface area (Å²) < 4.78 is 5.89. The molecular weight excluding hydrogens is 324 g/mol. The zero-order valence-electron chi connectivity index (χ0n) is 13.1. The Morgan fingerprint density at radius 3 is 2.67 bits per heavy atom. The summed E-state index contributed by atoms with van der Waals surface area (Å²) in [5.41, 5.74) is 2.17. The topological polar surface area (TPSA) is 55.1 Å². The second-order valence-electron chi connectivity index (χ2n) is 6.03. The Balaban J connectivity index is 1.43. The average Bonchev–Trinajstić information content (AvgIpc) is 3.26. The van der Waals surface area contributed by atoms with Gasteiger partial charge >= 0.3 is 0 Å². The van der Waals surface area contributed by atoms with Gasteiger partial charge in [0.1, 0.15) is 0 Å². The zero-order chi connectivity index (χ0) is 16.4. The van der Waals surface area contributed by atoms with Crippen LogP contribution in [-0.2, 0) is 6.54 Å². The molecule has 3 heterocycles. The van der Waals surface area contributed by atoms with E-state index in [1.54, 1.807) is 0 Å². The Morgan fingerprint density at radius 2 is 1.88 bits per heavy atom. The van der Waals surface area contributed by atoms with Crippen LogP contribution in [0.25, 0.3) is 11.5 Å². The number of pyridine rings is 1. The molecule has 24 heavy (non-hydrogen) atoms. The molecule has 0 bridgehead atoms. The van der Waals surface area contributed by atoms with Crippen molar-refractivity contribution >= 4 is 11.6 Å². The van der Waals surface area contributed by atoms with E-state index < -0.39 is 0 Å². The van der Waals surface area contributed by atoms with Gasteiger partial charge in [-0.3, -0.25) is 9.88 Å². The number of hydrogen-bond donors (Lipinski definition) is 0. The summed E-state index contributed by atoms with van der Waals surface area (Å²) >= 11 is 5.91. The highest BCUT2D eigenvalue weighted by Gasteiger charge is 2.28.